The van der Waals surface area contributed by atoms with Gasteiger partial charge in [-0.3, -0.25) is 0 Å². The summed E-state index contributed by atoms with van der Waals surface area (Å²) in [6, 6.07) is 0. The van der Waals surface area contributed by atoms with Gasteiger partial charge in [0, 0.05) is 19.6 Å². The van der Waals surface area contributed by atoms with Crippen LogP contribution in [0.25, 0.3) is 0 Å². The molecule has 0 spiro atoms. The largest absolute Gasteiger partial charge is 0.306 e. The Labute approximate surface area is 69.2 Å². The first-order chi connectivity index (χ1) is 5.25. The average molecular weight is 154 g/mol. The molecule has 2 aliphatic heterocycles. The molecule has 2 fully saturated rings. The van der Waals surface area contributed by atoms with Crippen LogP contribution >= 0.6 is 0 Å². The molecule has 0 radical (unpaired) electrons. The van der Waals surface area contributed by atoms with Crippen LogP contribution in [0.4, 0.5) is 0 Å². The summed E-state index contributed by atoms with van der Waals surface area (Å²) < 4.78 is 0. The lowest BCUT2D eigenvalue weighted by Crippen LogP contribution is -2.37. The summed E-state index contributed by atoms with van der Waals surface area (Å²) in [6.45, 7) is 5.32. The molecule has 11 heavy (non-hydrogen) atoms. The highest BCUT2D eigenvalue weighted by Crippen LogP contribution is 2.29. The second kappa shape index (κ2) is 2.76. The average Bonchev–Trinajstić information content (AvgIpc) is 2.27. The van der Waals surface area contributed by atoms with Gasteiger partial charge in [-0.15, -0.1) is 0 Å². The molecule has 0 aromatic carbocycles. The minimum atomic E-state index is 0.971. The number of piperidine rings is 1. The number of fused-ring (bicyclic) bond motifs is 1. The Morgan fingerprint density at radius 3 is 2.36 bits per heavy atom. The Hall–Kier alpha value is -0.0800. The third-order valence-corrected chi connectivity index (χ3v) is 3.19. The van der Waals surface area contributed by atoms with E-state index in [1.165, 1.54) is 32.6 Å². The first-order valence-electron chi connectivity index (χ1n) is 4.63. The molecular formula is C9H18N2. The molecule has 0 aromatic heterocycles. The van der Waals surface area contributed by atoms with E-state index < -0.39 is 0 Å². The molecule has 0 aliphatic carbocycles. The van der Waals surface area contributed by atoms with Crippen molar-refractivity contribution in [2.45, 2.75) is 6.42 Å². The molecule has 2 nitrogen and oxygen atoms in total. The van der Waals surface area contributed by atoms with Crippen molar-refractivity contribution >= 4 is 0 Å². The highest BCUT2D eigenvalue weighted by molar-refractivity contribution is 4.87. The van der Waals surface area contributed by atoms with Gasteiger partial charge in [-0.1, -0.05) is 0 Å². The maximum absolute atomic E-state index is 2.48. The van der Waals surface area contributed by atoms with Crippen molar-refractivity contribution in [1.82, 2.24) is 9.80 Å². The summed E-state index contributed by atoms with van der Waals surface area (Å²) in [5.41, 5.74) is 0. The van der Waals surface area contributed by atoms with Crippen molar-refractivity contribution in [3.05, 3.63) is 0 Å². The second-order valence-electron chi connectivity index (χ2n) is 4.29. The number of hydrogen-bond acceptors (Lipinski definition) is 2. The molecular weight excluding hydrogens is 136 g/mol. The predicted molar refractivity (Wildman–Crippen MR) is 46.6 cm³/mol. The predicted octanol–water partition coefficient (Wildman–Crippen LogP) is 0.500. The lowest BCUT2D eigenvalue weighted by molar-refractivity contribution is 0.178. The summed E-state index contributed by atoms with van der Waals surface area (Å²) in [7, 11) is 4.49. The molecule has 2 heterocycles. The smallest absolute Gasteiger partial charge is 0.00221 e. The van der Waals surface area contributed by atoms with Crippen molar-refractivity contribution < 1.29 is 0 Å². The van der Waals surface area contributed by atoms with E-state index in [0.717, 1.165) is 11.8 Å². The molecule has 0 bridgehead atoms. The summed E-state index contributed by atoms with van der Waals surface area (Å²) in [4.78, 5) is 4.95. The van der Waals surface area contributed by atoms with E-state index in [0.29, 0.717) is 0 Å². The van der Waals surface area contributed by atoms with Crippen molar-refractivity contribution in [3.8, 4) is 0 Å². The Morgan fingerprint density at radius 1 is 0.909 bits per heavy atom. The SMILES string of the molecule is CN1CC[C@H]2CN(C)C[C@H]2C1. The van der Waals surface area contributed by atoms with E-state index in [9.17, 15) is 0 Å². The molecule has 2 atom stereocenters. The molecule has 0 unspecified atom stereocenters. The van der Waals surface area contributed by atoms with Crippen LogP contribution in [0.15, 0.2) is 0 Å². The van der Waals surface area contributed by atoms with Gasteiger partial charge in [-0.25, -0.2) is 0 Å². The molecule has 0 N–H and O–H groups in total. The van der Waals surface area contributed by atoms with Gasteiger partial charge in [-0.05, 0) is 38.9 Å². The van der Waals surface area contributed by atoms with Crippen molar-refractivity contribution in [3.63, 3.8) is 0 Å². The molecule has 2 aliphatic rings. The van der Waals surface area contributed by atoms with Gasteiger partial charge in [0.05, 0.1) is 0 Å². The Morgan fingerprint density at radius 2 is 1.55 bits per heavy atom. The van der Waals surface area contributed by atoms with Crippen LogP contribution in [-0.4, -0.2) is 50.1 Å². The van der Waals surface area contributed by atoms with Gasteiger partial charge in [0.25, 0.3) is 0 Å². The first-order valence-corrected chi connectivity index (χ1v) is 4.63. The zero-order chi connectivity index (χ0) is 7.84. The maximum Gasteiger partial charge on any atom is 0.00221 e. The molecule has 0 aromatic rings. The zero-order valence-corrected chi connectivity index (χ0v) is 7.58. The Bertz CT molecular complexity index is 146. The van der Waals surface area contributed by atoms with E-state index >= 15 is 0 Å². The standard InChI is InChI=1S/C9H18N2/c1-10-4-3-8-5-11(2)7-9(8)6-10/h8-9H,3-7H2,1-2H3/t8-,9+/m0/s1. The summed E-state index contributed by atoms with van der Waals surface area (Å²) in [6.07, 6.45) is 1.42. The number of rotatable bonds is 0. The zero-order valence-electron chi connectivity index (χ0n) is 7.58. The van der Waals surface area contributed by atoms with Gasteiger partial charge < -0.3 is 9.80 Å². The van der Waals surface area contributed by atoms with E-state index in [4.69, 9.17) is 0 Å². The third kappa shape index (κ3) is 1.42. The fraction of sp³-hybridized carbons (Fsp3) is 1.00. The fourth-order valence-electron chi connectivity index (χ4n) is 2.58. The fourth-order valence-corrected chi connectivity index (χ4v) is 2.58. The maximum atomic E-state index is 2.48. The Balaban J connectivity index is 1.97. The van der Waals surface area contributed by atoms with Gasteiger partial charge >= 0.3 is 0 Å². The number of nitrogens with zero attached hydrogens (tertiary/aromatic N) is 2. The monoisotopic (exact) mass is 154 g/mol. The number of likely N-dealkylation sites (tertiary alicyclic amines) is 2. The summed E-state index contributed by atoms with van der Waals surface area (Å²) in [5.74, 6) is 1.98. The minimum Gasteiger partial charge on any atom is -0.306 e. The van der Waals surface area contributed by atoms with Gasteiger partial charge in [0.15, 0.2) is 0 Å². The lowest BCUT2D eigenvalue weighted by Gasteiger charge is -2.31. The van der Waals surface area contributed by atoms with E-state index in [-0.39, 0.29) is 0 Å². The molecule has 0 saturated carbocycles. The van der Waals surface area contributed by atoms with E-state index in [2.05, 4.69) is 23.9 Å². The van der Waals surface area contributed by atoms with Crippen molar-refractivity contribution in [2.24, 2.45) is 11.8 Å². The minimum absolute atomic E-state index is 0.971. The van der Waals surface area contributed by atoms with Crippen LogP contribution in [-0.2, 0) is 0 Å². The summed E-state index contributed by atoms with van der Waals surface area (Å²) in [5, 5.41) is 0. The highest BCUT2D eigenvalue weighted by atomic mass is 15.2. The first kappa shape index (κ1) is 7.56. The molecule has 2 saturated heterocycles. The van der Waals surface area contributed by atoms with Crippen LogP contribution < -0.4 is 0 Å². The molecule has 2 heteroatoms. The summed E-state index contributed by atoms with van der Waals surface area (Å²) >= 11 is 0. The van der Waals surface area contributed by atoms with Crippen LogP contribution in [0.1, 0.15) is 6.42 Å². The van der Waals surface area contributed by atoms with Gasteiger partial charge in [0.1, 0.15) is 0 Å². The topological polar surface area (TPSA) is 6.48 Å². The van der Waals surface area contributed by atoms with Crippen molar-refractivity contribution in [2.75, 3.05) is 40.3 Å². The lowest BCUT2D eigenvalue weighted by atomic mass is 9.89. The van der Waals surface area contributed by atoms with E-state index in [1.807, 2.05) is 0 Å². The second-order valence-corrected chi connectivity index (χ2v) is 4.29. The van der Waals surface area contributed by atoms with Crippen LogP contribution in [0.5, 0.6) is 0 Å². The highest BCUT2D eigenvalue weighted by Gasteiger charge is 2.34. The van der Waals surface area contributed by atoms with Crippen LogP contribution in [0, 0.1) is 11.8 Å². The van der Waals surface area contributed by atoms with Crippen molar-refractivity contribution in [1.29, 1.82) is 0 Å². The Kier molecular flexibility index (Phi) is 1.90. The molecule has 64 valence electrons. The van der Waals surface area contributed by atoms with Crippen LogP contribution in [0.3, 0.4) is 0 Å². The van der Waals surface area contributed by atoms with E-state index in [1.54, 1.807) is 0 Å². The third-order valence-electron chi connectivity index (χ3n) is 3.19. The quantitative estimate of drug-likeness (QED) is 0.501. The molecule has 0 amide bonds. The normalized spacial score (nSPS) is 40.9. The number of hydrogen-bond donors (Lipinski definition) is 0. The van der Waals surface area contributed by atoms with Gasteiger partial charge in [0.2, 0.25) is 0 Å². The van der Waals surface area contributed by atoms with Crippen LogP contribution in [0.2, 0.25) is 0 Å². The molecule has 2 rings (SSSR count). The van der Waals surface area contributed by atoms with Gasteiger partial charge in [-0.2, -0.15) is 0 Å².